The van der Waals surface area contributed by atoms with Crippen molar-refractivity contribution in [3.8, 4) is 0 Å². The number of piperidine rings is 1. The molecule has 3 rings (SSSR count). The summed E-state index contributed by atoms with van der Waals surface area (Å²) in [5, 5.41) is 6.90. The zero-order chi connectivity index (χ0) is 12.9. The van der Waals surface area contributed by atoms with Crippen LogP contribution in [0, 0.1) is 0 Å². The largest absolute Gasteiger partial charge is 0.354 e. The summed E-state index contributed by atoms with van der Waals surface area (Å²) >= 11 is 0. The fourth-order valence-corrected chi connectivity index (χ4v) is 2.91. The van der Waals surface area contributed by atoms with Gasteiger partial charge in [0.1, 0.15) is 0 Å². The Balaban J connectivity index is 1.41. The van der Waals surface area contributed by atoms with Crippen LogP contribution in [0.4, 0.5) is 5.95 Å². The summed E-state index contributed by atoms with van der Waals surface area (Å²) in [6.07, 6.45) is 13.1. The molecule has 1 atom stereocenters. The van der Waals surface area contributed by atoms with E-state index in [1.807, 2.05) is 12.4 Å². The number of rotatable bonds is 5. The Morgan fingerprint density at radius 3 is 2.58 bits per heavy atom. The Bertz CT molecular complexity index is 380. The molecular formula is C15H24N4. The van der Waals surface area contributed by atoms with Crippen LogP contribution in [-0.4, -0.2) is 29.1 Å². The molecule has 1 aliphatic carbocycles. The summed E-state index contributed by atoms with van der Waals surface area (Å²) in [5.74, 6) is 1.50. The molecule has 1 aliphatic heterocycles. The van der Waals surface area contributed by atoms with Gasteiger partial charge in [-0.25, -0.2) is 9.97 Å². The topological polar surface area (TPSA) is 49.8 Å². The van der Waals surface area contributed by atoms with Crippen molar-refractivity contribution in [2.45, 2.75) is 56.9 Å². The van der Waals surface area contributed by atoms with E-state index in [0.29, 0.717) is 6.04 Å². The van der Waals surface area contributed by atoms with Crippen molar-refractivity contribution in [2.24, 2.45) is 0 Å². The van der Waals surface area contributed by atoms with Crippen LogP contribution in [0.1, 0.15) is 56.4 Å². The average Bonchev–Trinajstić information content (AvgIpc) is 2.40. The number of hydrogen-bond acceptors (Lipinski definition) is 4. The highest BCUT2D eigenvalue weighted by molar-refractivity contribution is 5.26. The minimum atomic E-state index is 0.676. The summed E-state index contributed by atoms with van der Waals surface area (Å²) in [6, 6.07) is 0.676. The predicted molar refractivity (Wildman–Crippen MR) is 77.4 cm³/mol. The third kappa shape index (κ3) is 3.44. The van der Waals surface area contributed by atoms with Crippen molar-refractivity contribution in [3.05, 3.63) is 18.0 Å². The molecule has 2 N–H and O–H groups in total. The molecule has 2 fully saturated rings. The number of hydrogen-bond donors (Lipinski definition) is 2. The van der Waals surface area contributed by atoms with Gasteiger partial charge in [0.2, 0.25) is 5.95 Å². The van der Waals surface area contributed by atoms with Gasteiger partial charge in [-0.1, -0.05) is 12.8 Å². The molecule has 4 heteroatoms. The van der Waals surface area contributed by atoms with Crippen LogP contribution in [0.3, 0.4) is 0 Å². The molecule has 1 aromatic rings. The van der Waals surface area contributed by atoms with Crippen LogP contribution in [-0.2, 0) is 0 Å². The lowest BCUT2D eigenvalue weighted by molar-refractivity contribution is 0.388. The van der Waals surface area contributed by atoms with Crippen LogP contribution < -0.4 is 10.6 Å². The average molecular weight is 260 g/mol. The molecule has 4 nitrogen and oxygen atoms in total. The lowest BCUT2D eigenvalue weighted by Gasteiger charge is -2.25. The normalized spacial score (nSPS) is 23.9. The molecule has 19 heavy (non-hydrogen) atoms. The second-order valence-corrected chi connectivity index (χ2v) is 5.83. The van der Waals surface area contributed by atoms with Gasteiger partial charge in [-0.15, -0.1) is 0 Å². The van der Waals surface area contributed by atoms with Gasteiger partial charge in [0.15, 0.2) is 0 Å². The molecule has 0 aromatic carbocycles. The second-order valence-electron chi connectivity index (χ2n) is 5.83. The fourth-order valence-electron chi connectivity index (χ4n) is 2.91. The van der Waals surface area contributed by atoms with Gasteiger partial charge in [0.05, 0.1) is 0 Å². The molecule has 0 spiro atoms. The lowest BCUT2D eigenvalue weighted by Crippen LogP contribution is -2.35. The summed E-state index contributed by atoms with van der Waals surface area (Å²) in [7, 11) is 0. The van der Waals surface area contributed by atoms with Gasteiger partial charge in [0.25, 0.3) is 0 Å². The quantitative estimate of drug-likeness (QED) is 0.854. The molecule has 2 aliphatic rings. The minimum Gasteiger partial charge on any atom is -0.354 e. The zero-order valence-electron chi connectivity index (χ0n) is 11.6. The number of nitrogens with zero attached hydrogens (tertiary/aromatic N) is 2. The molecule has 0 bridgehead atoms. The van der Waals surface area contributed by atoms with Crippen molar-refractivity contribution < 1.29 is 0 Å². The molecule has 0 radical (unpaired) electrons. The number of nitrogens with one attached hydrogen (secondary N) is 2. The highest BCUT2D eigenvalue weighted by Crippen LogP contribution is 2.35. The van der Waals surface area contributed by atoms with E-state index < -0.39 is 0 Å². The van der Waals surface area contributed by atoms with E-state index in [4.69, 9.17) is 0 Å². The SMILES string of the molecule is c1nc(NCCC2CCCCN2)ncc1C1CCC1. The van der Waals surface area contributed by atoms with Crippen molar-refractivity contribution in [1.29, 1.82) is 0 Å². The monoisotopic (exact) mass is 260 g/mol. The van der Waals surface area contributed by atoms with Gasteiger partial charge in [-0.3, -0.25) is 0 Å². The first-order valence-electron chi connectivity index (χ1n) is 7.71. The van der Waals surface area contributed by atoms with E-state index >= 15 is 0 Å². The predicted octanol–water partition coefficient (Wildman–Crippen LogP) is 2.69. The van der Waals surface area contributed by atoms with Crippen molar-refractivity contribution in [1.82, 2.24) is 15.3 Å². The maximum atomic E-state index is 4.42. The smallest absolute Gasteiger partial charge is 0.222 e. The van der Waals surface area contributed by atoms with Gasteiger partial charge in [0, 0.05) is 25.0 Å². The molecule has 2 heterocycles. The summed E-state index contributed by atoms with van der Waals surface area (Å²) in [5.41, 5.74) is 1.31. The zero-order valence-corrected chi connectivity index (χ0v) is 11.6. The Morgan fingerprint density at radius 1 is 1.11 bits per heavy atom. The second kappa shape index (κ2) is 6.33. The molecule has 104 valence electrons. The third-order valence-electron chi connectivity index (χ3n) is 4.44. The fraction of sp³-hybridized carbons (Fsp3) is 0.733. The first-order chi connectivity index (χ1) is 9.42. The molecule has 1 saturated carbocycles. The van der Waals surface area contributed by atoms with Crippen molar-refractivity contribution in [3.63, 3.8) is 0 Å². The summed E-state index contributed by atoms with van der Waals surface area (Å²) in [4.78, 5) is 8.84. The minimum absolute atomic E-state index is 0.676. The van der Waals surface area contributed by atoms with E-state index in [2.05, 4.69) is 20.6 Å². The van der Waals surface area contributed by atoms with Gasteiger partial charge in [-0.05, 0) is 50.1 Å². The van der Waals surface area contributed by atoms with Gasteiger partial charge >= 0.3 is 0 Å². The first-order valence-corrected chi connectivity index (χ1v) is 7.71. The highest BCUT2D eigenvalue weighted by Gasteiger charge is 2.20. The van der Waals surface area contributed by atoms with E-state index in [0.717, 1.165) is 24.8 Å². The van der Waals surface area contributed by atoms with Crippen molar-refractivity contribution >= 4 is 5.95 Å². The number of aromatic nitrogens is 2. The third-order valence-corrected chi connectivity index (χ3v) is 4.44. The number of anilines is 1. The summed E-state index contributed by atoms with van der Waals surface area (Å²) in [6.45, 7) is 2.14. The van der Waals surface area contributed by atoms with E-state index in [1.54, 1.807) is 0 Å². The Hall–Kier alpha value is -1.16. The lowest BCUT2D eigenvalue weighted by atomic mass is 9.81. The molecule has 0 amide bonds. The maximum absolute atomic E-state index is 4.42. The van der Waals surface area contributed by atoms with Crippen LogP contribution in [0.5, 0.6) is 0 Å². The maximum Gasteiger partial charge on any atom is 0.222 e. The van der Waals surface area contributed by atoms with E-state index in [-0.39, 0.29) is 0 Å². The van der Waals surface area contributed by atoms with Gasteiger partial charge in [-0.2, -0.15) is 0 Å². The van der Waals surface area contributed by atoms with E-state index in [9.17, 15) is 0 Å². The molecule has 1 saturated heterocycles. The Morgan fingerprint density at radius 2 is 1.95 bits per heavy atom. The van der Waals surface area contributed by atoms with Crippen molar-refractivity contribution in [2.75, 3.05) is 18.4 Å². The van der Waals surface area contributed by atoms with Crippen LogP contribution in [0.25, 0.3) is 0 Å². The first kappa shape index (κ1) is 12.9. The van der Waals surface area contributed by atoms with E-state index in [1.165, 1.54) is 50.6 Å². The highest BCUT2D eigenvalue weighted by atomic mass is 15.1. The molecule has 1 unspecified atom stereocenters. The van der Waals surface area contributed by atoms with Crippen LogP contribution in [0.2, 0.25) is 0 Å². The Labute approximate surface area is 115 Å². The molecule has 1 aromatic heterocycles. The Kier molecular flexibility index (Phi) is 4.28. The van der Waals surface area contributed by atoms with Gasteiger partial charge < -0.3 is 10.6 Å². The summed E-state index contributed by atoms with van der Waals surface area (Å²) < 4.78 is 0. The van der Waals surface area contributed by atoms with Crippen LogP contribution in [0.15, 0.2) is 12.4 Å². The molecular weight excluding hydrogens is 236 g/mol. The standard InChI is InChI=1S/C15H24N4/c1-2-8-16-14(6-1)7-9-17-15-18-10-13(11-19-15)12-4-3-5-12/h10-12,14,16H,1-9H2,(H,17,18,19). The van der Waals surface area contributed by atoms with Crippen LogP contribution >= 0.6 is 0 Å².